The van der Waals surface area contributed by atoms with Gasteiger partial charge in [0.2, 0.25) is 0 Å². The molecule has 6 heteroatoms. The number of aromatic nitrogens is 1. The van der Waals surface area contributed by atoms with E-state index in [1.165, 1.54) is 10.3 Å². The van der Waals surface area contributed by atoms with Crippen LogP contribution in [0.1, 0.15) is 5.69 Å². The van der Waals surface area contributed by atoms with E-state index in [1.807, 2.05) is 6.07 Å². The molecule has 0 saturated heterocycles. The highest BCUT2D eigenvalue weighted by Gasteiger charge is 2.15. The highest BCUT2D eigenvalue weighted by Crippen LogP contribution is 2.38. The first-order valence-electron chi connectivity index (χ1n) is 3.81. The van der Waals surface area contributed by atoms with Gasteiger partial charge in [0, 0.05) is 28.7 Å². The molecule has 1 heterocycles. The van der Waals surface area contributed by atoms with Crippen LogP contribution in [0.5, 0.6) is 0 Å². The topological polar surface area (TPSA) is 28.7 Å². The summed E-state index contributed by atoms with van der Waals surface area (Å²) in [6, 6.07) is 3.53. The molecule has 1 aromatic heterocycles. The molecule has 0 aliphatic carbocycles. The molecule has 15 heavy (non-hydrogen) atoms. The molecule has 0 N–H and O–H groups in total. The number of fused-ring (bicyclic) bond motifs is 1. The van der Waals surface area contributed by atoms with Gasteiger partial charge < -0.3 is 0 Å². The Morgan fingerprint density at radius 1 is 1.13 bits per heavy atom. The van der Waals surface area contributed by atoms with Crippen molar-refractivity contribution in [3.8, 4) is 6.07 Å². The van der Waals surface area contributed by atoms with Gasteiger partial charge >= 0.3 is 0 Å². The van der Waals surface area contributed by atoms with Crippen LogP contribution in [0.2, 0.25) is 15.1 Å². The third kappa shape index (κ3) is 1.56. The lowest BCUT2D eigenvalue weighted by molar-refractivity contribution is 1.23. The predicted molar refractivity (Wildman–Crippen MR) is 62.9 cm³/mol. The molecule has 0 spiro atoms. The average Bonchev–Trinajstić information content (AvgIpc) is 2.51. The van der Waals surface area contributed by atoms with E-state index in [0.29, 0.717) is 20.8 Å². The van der Waals surface area contributed by atoms with E-state index >= 15 is 0 Å². The molecule has 0 fully saturated rings. The van der Waals surface area contributed by atoms with Gasteiger partial charge in [0.1, 0.15) is 11.8 Å². The lowest BCUT2D eigenvalue weighted by Crippen LogP contribution is -1.81. The van der Waals surface area contributed by atoms with Crippen molar-refractivity contribution in [1.82, 2.24) is 4.09 Å². The molecule has 0 saturated carbocycles. The second kappa shape index (κ2) is 3.77. The van der Waals surface area contributed by atoms with Gasteiger partial charge in [0.25, 0.3) is 0 Å². The lowest BCUT2D eigenvalue weighted by atomic mass is 10.2. The Morgan fingerprint density at radius 2 is 1.80 bits per heavy atom. The highest BCUT2D eigenvalue weighted by molar-refractivity contribution is 6.50. The molecule has 0 atom stereocenters. The van der Waals surface area contributed by atoms with E-state index in [4.69, 9.17) is 51.8 Å². The zero-order chi connectivity index (χ0) is 11.2. The van der Waals surface area contributed by atoms with Crippen LogP contribution in [0.3, 0.4) is 0 Å². The van der Waals surface area contributed by atoms with Crippen molar-refractivity contribution in [3.63, 3.8) is 0 Å². The van der Waals surface area contributed by atoms with Gasteiger partial charge in [-0.25, -0.2) is 4.09 Å². The summed E-state index contributed by atoms with van der Waals surface area (Å²) in [6.45, 7) is 0. The van der Waals surface area contributed by atoms with Crippen LogP contribution in [0.4, 0.5) is 0 Å². The van der Waals surface area contributed by atoms with Crippen molar-refractivity contribution in [2.24, 2.45) is 0 Å². The largest absolute Gasteiger partial charge is 0.249 e. The summed E-state index contributed by atoms with van der Waals surface area (Å²) >= 11 is 23.5. The molecule has 2 nitrogen and oxygen atoms in total. The van der Waals surface area contributed by atoms with E-state index in [1.54, 1.807) is 6.07 Å². The molecule has 2 rings (SSSR count). The Morgan fingerprint density at radius 3 is 2.40 bits per heavy atom. The summed E-state index contributed by atoms with van der Waals surface area (Å²) in [7, 11) is 0. The Labute approximate surface area is 106 Å². The minimum atomic E-state index is 0.262. The van der Waals surface area contributed by atoms with Gasteiger partial charge in [-0.3, -0.25) is 0 Å². The van der Waals surface area contributed by atoms with Crippen LogP contribution in [0.25, 0.3) is 10.8 Å². The summed E-state index contributed by atoms with van der Waals surface area (Å²) in [5, 5.41) is 10.9. The van der Waals surface area contributed by atoms with E-state index in [2.05, 4.69) is 0 Å². The number of hydrogen-bond acceptors (Lipinski definition) is 1. The van der Waals surface area contributed by atoms with E-state index in [-0.39, 0.29) is 10.7 Å². The summed E-state index contributed by atoms with van der Waals surface area (Å²) < 4.78 is 1.17. The number of hydrogen-bond donors (Lipinski definition) is 0. The first-order chi connectivity index (χ1) is 7.06. The van der Waals surface area contributed by atoms with Crippen LogP contribution in [-0.2, 0) is 0 Å². The van der Waals surface area contributed by atoms with Gasteiger partial charge in [-0.15, -0.1) is 0 Å². The van der Waals surface area contributed by atoms with Crippen molar-refractivity contribution >= 4 is 57.4 Å². The average molecular weight is 280 g/mol. The summed E-state index contributed by atoms with van der Waals surface area (Å²) in [5.41, 5.74) is 0.284. The van der Waals surface area contributed by atoms with Crippen LogP contribution in [-0.4, -0.2) is 4.09 Å². The molecular weight excluding hydrogens is 278 g/mol. The smallest absolute Gasteiger partial charge is 0.142 e. The fraction of sp³-hybridized carbons (Fsp3) is 0. The van der Waals surface area contributed by atoms with Crippen LogP contribution < -0.4 is 0 Å². The summed E-state index contributed by atoms with van der Waals surface area (Å²) in [5.74, 6) is 0. The van der Waals surface area contributed by atoms with Gasteiger partial charge in [0.15, 0.2) is 0 Å². The molecule has 0 radical (unpaired) electrons. The first-order valence-corrected chi connectivity index (χ1v) is 5.28. The summed E-state index contributed by atoms with van der Waals surface area (Å²) in [4.78, 5) is 0. The molecule has 76 valence electrons. The van der Waals surface area contributed by atoms with Crippen LogP contribution in [0.15, 0.2) is 12.3 Å². The van der Waals surface area contributed by atoms with Crippen molar-refractivity contribution in [2.75, 3.05) is 0 Å². The van der Waals surface area contributed by atoms with Crippen LogP contribution in [0, 0.1) is 11.3 Å². The third-order valence-corrected chi connectivity index (χ3v) is 3.56. The van der Waals surface area contributed by atoms with Gasteiger partial charge in [-0.05, 0) is 6.07 Å². The first kappa shape index (κ1) is 10.9. The van der Waals surface area contributed by atoms with Gasteiger partial charge in [0.05, 0.1) is 15.1 Å². The Balaban J connectivity index is 3.00. The standard InChI is InChI=1S/C9H2Cl4N2/c10-6-1-4-5(8(11)9(6)12)3-15(13)7(4)2-14/h1,3H. The zero-order valence-electron chi connectivity index (χ0n) is 7.06. The maximum Gasteiger partial charge on any atom is 0.142 e. The van der Waals surface area contributed by atoms with Crippen molar-refractivity contribution in [1.29, 1.82) is 5.26 Å². The van der Waals surface area contributed by atoms with E-state index in [0.717, 1.165) is 0 Å². The summed E-state index contributed by atoms with van der Waals surface area (Å²) in [6.07, 6.45) is 1.53. The third-order valence-electron chi connectivity index (χ3n) is 2.02. The zero-order valence-corrected chi connectivity index (χ0v) is 10.1. The van der Waals surface area contributed by atoms with Gasteiger partial charge in [-0.1, -0.05) is 34.8 Å². The highest BCUT2D eigenvalue weighted by atomic mass is 35.5. The van der Waals surface area contributed by atoms with E-state index in [9.17, 15) is 0 Å². The fourth-order valence-electron chi connectivity index (χ4n) is 1.33. The Hall–Kier alpha value is -0.590. The lowest BCUT2D eigenvalue weighted by Gasteiger charge is -1.99. The fourth-order valence-corrected chi connectivity index (χ4v) is 2.22. The molecule has 0 aliphatic rings. The molecule has 0 amide bonds. The molecule has 0 unspecified atom stereocenters. The van der Waals surface area contributed by atoms with E-state index < -0.39 is 0 Å². The SMILES string of the molecule is N#Cc1c2cc(Cl)c(Cl)c(Cl)c2cn1Cl. The molecule has 1 aromatic carbocycles. The van der Waals surface area contributed by atoms with Crippen molar-refractivity contribution in [2.45, 2.75) is 0 Å². The molecule has 0 bridgehead atoms. The van der Waals surface area contributed by atoms with Crippen LogP contribution >= 0.6 is 46.6 Å². The van der Waals surface area contributed by atoms with Gasteiger partial charge in [-0.2, -0.15) is 5.26 Å². The maximum atomic E-state index is 8.88. The maximum absolute atomic E-state index is 8.88. The second-order valence-corrected chi connectivity index (χ2v) is 4.38. The van der Waals surface area contributed by atoms with Crippen molar-refractivity contribution in [3.05, 3.63) is 33.0 Å². The number of rotatable bonds is 0. The number of benzene rings is 1. The number of halogens is 4. The number of nitriles is 1. The van der Waals surface area contributed by atoms with Crippen molar-refractivity contribution < 1.29 is 0 Å². The number of nitrogens with zero attached hydrogens (tertiary/aromatic N) is 2. The second-order valence-electron chi connectivity index (χ2n) is 2.85. The predicted octanol–water partition coefficient (Wildman–Crippen LogP) is 4.48. The quantitative estimate of drug-likeness (QED) is 0.654. The Bertz CT molecular complexity index is 594. The Kier molecular flexibility index (Phi) is 2.74. The minimum Gasteiger partial charge on any atom is -0.249 e. The molecule has 2 aromatic rings. The molecule has 0 aliphatic heterocycles. The molecular formula is C9H2Cl4N2. The normalized spacial score (nSPS) is 10.6. The minimum absolute atomic E-state index is 0.262. The monoisotopic (exact) mass is 278 g/mol.